The van der Waals surface area contributed by atoms with Gasteiger partial charge >= 0.3 is 90.3 Å². The van der Waals surface area contributed by atoms with Crippen LogP contribution in [0.3, 0.4) is 0 Å². The summed E-state index contributed by atoms with van der Waals surface area (Å²) in [5.74, 6) is 0.687. The van der Waals surface area contributed by atoms with E-state index >= 15 is 0 Å². The molecule has 0 saturated carbocycles. The van der Waals surface area contributed by atoms with Gasteiger partial charge in [-0.1, -0.05) is 0 Å². The summed E-state index contributed by atoms with van der Waals surface area (Å²) in [6.45, 7) is 6.78. The second-order valence-corrected chi connectivity index (χ2v) is 12.9. The Morgan fingerprint density at radius 1 is 1.15 bits per heavy atom. The first-order chi connectivity index (χ1) is 6.02. The molecule has 0 N–H and O–H groups in total. The van der Waals surface area contributed by atoms with Crippen molar-refractivity contribution in [2.24, 2.45) is 0 Å². The van der Waals surface area contributed by atoms with Gasteiger partial charge in [-0.25, -0.2) is 0 Å². The summed E-state index contributed by atoms with van der Waals surface area (Å²) in [5.41, 5.74) is 3.00. The monoisotopic (exact) mass is 372 g/mol. The number of hydrogen-bond acceptors (Lipinski definition) is 0. The summed E-state index contributed by atoms with van der Waals surface area (Å²) < 4.78 is 6.63. The Balaban J connectivity index is 3.19. The summed E-state index contributed by atoms with van der Waals surface area (Å²) in [7, 11) is 0. The molecular weight excluding hydrogens is 353 g/mol. The van der Waals surface area contributed by atoms with Gasteiger partial charge in [0.05, 0.1) is 0 Å². The third kappa shape index (κ3) is 2.77. The Hall–Kier alpha value is 0.103. The number of hydrogen-bond donors (Lipinski definition) is 0. The van der Waals surface area contributed by atoms with E-state index in [9.17, 15) is 0 Å². The van der Waals surface area contributed by atoms with E-state index in [1.165, 1.54) is 5.56 Å². The molecule has 0 aliphatic carbocycles. The van der Waals surface area contributed by atoms with Gasteiger partial charge in [0.25, 0.3) is 0 Å². The third-order valence-electron chi connectivity index (χ3n) is 2.29. The second-order valence-electron chi connectivity index (χ2n) is 4.11. The molecule has 0 bridgehead atoms. The van der Waals surface area contributed by atoms with Gasteiger partial charge in [0.1, 0.15) is 0 Å². The molecule has 1 rings (SSSR count). The molecule has 0 radical (unpaired) electrons. The van der Waals surface area contributed by atoms with Gasteiger partial charge in [0, 0.05) is 0 Å². The second kappa shape index (κ2) is 4.55. The maximum atomic E-state index is 2.46. The van der Waals surface area contributed by atoms with Gasteiger partial charge in [-0.2, -0.15) is 0 Å². The fraction of sp³-hybridized carbons (Fsp3) is 0.500. The topological polar surface area (TPSA) is 0 Å². The van der Waals surface area contributed by atoms with Crippen LogP contribution in [0.25, 0.3) is 0 Å². The van der Waals surface area contributed by atoms with E-state index in [-0.39, 0.29) is 0 Å². The number of rotatable bonds is 2. The SMILES string of the molecule is Cc1cc[c]([Bi]([CH3])[CH3])c(C(C)C)c1. The number of benzene rings is 1. The van der Waals surface area contributed by atoms with Crippen LogP contribution in [0, 0.1) is 6.92 Å². The van der Waals surface area contributed by atoms with Gasteiger partial charge in [-0.3, -0.25) is 0 Å². The minimum atomic E-state index is -1.24. The standard InChI is InChI=1S/C10H13.2CH3.Bi/c1-8(2)10-6-4-5-9(3)7-10;;;/h4-5,7-8H,1-3H3;2*1H3;. The molecule has 0 fully saturated rings. The van der Waals surface area contributed by atoms with Crippen LogP contribution in [0.2, 0.25) is 9.26 Å². The first-order valence-electron chi connectivity index (χ1n) is 4.80. The molecule has 0 atom stereocenters. The molecule has 0 nitrogen and oxygen atoms in total. The molecule has 72 valence electrons. The quantitative estimate of drug-likeness (QED) is 0.700. The normalized spacial score (nSPS) is 11.3. The van der Waals surface area contributed by atoms with Crippen LogP contribution < -0.4 is 3.27 Å². The van der Waals surface area contributed by atoms with Gasteiger partial charge < -0.3 is 0 Å². The summed E-state index contributed by atoms with van der Waals surface area (Å²) in [4.78, 5) is 0. The Labute approximate surface area is 90.0 Å². The summed E-state index contributed by atoms with van der Waals surface area (Å²) in [5, 5.41) is 0. The van der Waals surface area contributed by atoms with Gasteiger partial charge in [-0.15, -0.1) is 0 Å². The zero-order chi connectivity index (χ0) is 10.0. The van der Waals surface area contributed by atoms with Crippen molar-refractivity contribution < 1.29 is 0 Å². The van der Waals surface area contributed by atoms with Crippen molar-refractivity contribution in [2.75, 3.05) is 0 Å². The molecule has 13 heavy (non-hydrogen) atoms. The molecule has 0 saturated heterocycles. The molecule has 1 aromatic rings. The van der Waals surface area contributed by atoms with Crippen LogP contribution in [-0.4, -0.2) is 21.8 Å². The van der Waals surface area contributed by atoms with Crippen LogP contribution in [0.4, 0.5) is 0 Å². The molecule has 0 heterocycles. The minimum absolute atomic E-state index is 0.687. The summed E-state index contributed by atoms with van der Waals surface area (Å²) in [6.07, 6.45) is 0. The van der Waals surface area contributed by atoms with Crippen molar-refractivity contribution in [3.63, 3.8) is 0 Å². The molecule has 0 spiro atoms. The maximum absolute atomic E-state index is 2.46. The molecule has 1 heteroatoms. The van der Waals surface area contributed by atoms with Crippen molar-refractivity contribution in [1.82, 2.24) is 0 Å². The van der Waals surface area contributed by atoms with E-state index in [1.54, 1.807) is 8.83 Å². The van der Waals surface area contributed by atoms with Crippen molar-refractivity contribution in [2.45, 2.75) is 36.0 Å². The van der Waals surface area contributed by atoms with Gasteiger partial charge in [-0.05, 0) is 0 Å². The predicted molar refractivity (Wildman–Crippen MR) is 62.4 cm³/mol. The Morgan fingerprint density at radius 3 is 2.23 bits per heavy atom. The average molecular weight is 372 g/mol. The van der Waals surface area contributed by atoms with Crippen molar-refractivity contribution in [3.05, 3.63) is 29.3 Å². The van der Waals surface area contributed by atoms with Crippen molar-refractivity contribution in [1.29, 1.82) is 0 Å². The van der Waals surface area contributed by atoms with Gasteiger partial charge in [0.2, 0.25) is 0 Å². The van der Waals surface area contributed by atoms with Crippen LogP contribution in [0.1, 0.15) is 30.9 Å². The fourth-order valence-electron chi connectivity index (χ4n) is 1.54. The Bertz CT molecular complexity index is 287. The van der Waals surface area contributed by atoms with Gasteiger partial charge in [0.15, 0.2) is 0 Å². The van der Waals surface area contributed by atoms with Crippen molar-refractivity contribution in [3.8, 4) is 0 Å². The first-order valence-corrected chi connectivity index (χ1v) is 13.5. The van der Waals surface area contributed by atoms with Crippen LogP contribution >= 0.6 is 0 Å². The van der Waals surface area contributed by atoms with E-state index in [0.717, 1.165) is 0 Å². The molecule has 0 aromatic heterocycles. The zero-order valence-electron chi connectivity index (χ0n) is 9.26. The molecule has 0 amide bonds. The third-order valence-corrected chi connectivity index (χ3v) is 7.62. The van der Waals surface area contributed by atoms with E-state index in [4.69, 9.17) is 0 Å². The molecule has 0 aliphatic heterocycles. The molecule has 0 aliphatic rings. The molecule has 1 aromatic carbocycles. The molecular formula is C12H19Bi. The Morgan fingerprint density at radius 2 is 1.77 bits per heavy atom. The van der Waals surface area contributed by atoms with Crippen molar-refractivity contribution >= 4 is 25.0 Å². The number of aryl methyl sites for hydroxylation is 1. The molecule has 0 unspecified atom stereocenters. The van der Waals surface area contributed by atoms with E-state index in [0.29, 0.717) is 5.92 Å². The van der Waals surface area contributed by atoms with E-state index < -0.39 is 21.8 Å². The zero-order valence-corrected chi connectivity index (χ0v) is 12.7. The first kappa shape index (κ1) is 11.2. The average Bonchev–Trinajstić information content (AvgIpc) is 2.03. The van der Waals surface area contributed by atoms with Crippen LogP contribution in [0.5, 0.6) is 0 Å². The Kier molecular flexibility index (Phi) is 3.92. The predicted octanol–water partition coefficient (Wildman–Crippen LogP) is 3.08. The van der Waals surface area contributed by atoms with E-state index in [2.05, 4.69) is 48.2 Å². The van der Waals surface area contributed by atoms with E-state index in [1.807, 2.05) is 0 Å². The summed E-state index contributed by atoms with van der Waals surface area (Å²) in [6, 6.07) is 6.99. The fourth-order valence-corrected chi connectivity index (χ4v) is 6.25. The summed E-state index contributed by atoms with van der Waals surface area (Å²) >= 11 is -1.24. The van der Waals surface area contributed by atoms with Crippen LogP contribution in [-0.2, 0) is 0 Å². The van der Waals surface area contributed by atoms with Crippen LogP contribution in [0.15, 0.2) is 18.2 Å².